The molecule has 0 fully saturated rings. The molecule has 0 unspecified atom stereocenters. The second-order valence-electron chi connectivity index (χ2n) is 3.01. The molecule has 1 aromatic rings. The van der Waals surface area contributed by atoms with Crippen LogP contribution >= 0.6 is 0 Å². The molecule has 0 atom stereocenters. The van der Waals surface area contributed by atoms with Crippen molar-refractivity contribution in [2.45, 2.75) is 13.8 Å². The molecular weight excluding hydrogens is 132 g/mol. The summed E-state index contributed by atoms with van der Waals surface area (Å²) in [6.45, 7) is 4.36. The van der Waals surface area contributed by atoms with E-state index in [4.69, 9.17) is 0 Å². The van der Waals surface area contributed by atoms with Crippen molar-refractivity contribution in [2.75, 3.05) is 0 Å². The van der Waals surface area contributed by atoms with Crippen molar-refractivity contribution in [1.29, 1.82) is 0 Å². The summed E-state index contributed by atoms with van der Waals surface area (Å²) in [5.74, 6) is 0.634. The summed E-state index contributed by atoms with van der Waals surface area (Å²) < 4.78 is 0. The fourth-order valence-corrected chi connectivity index (χ4v) is 0.868. The molecule has 0 bridgehead atoms. The van der Waals surface area contributed by atoms with Crippen LogP contribution in [0.1, 0.15) is 19.4 Å². The lowest BCUT2D eigenvalue weighted by atomic mass is 10.1. The zero-order chi connectivity index (χ0) is 8.10. The summed E-state index contributed by atoms with van der Waals surface area (Å²) >= 11 is 0. The Morgan fingerprint density at radius 3 is 2.27 bits per heavy atom. The summed E-state index contributed by atoms with van der Waals surface area (Å²) in [5, 5.41) is 0. The summed E-state index contributed by atoms with van der Waals surface area (Å²) in [6, 6.07) is 10.4. The topological polar surface area (TPSA) is 0 Å². The minimum atomic E-state index is 0.634. The Labute approximate surface area is 68.6 Å². The SMILES string of the molecule is CC(C)C=Cc1ccccc1. The normalized spacial score (nSPS) is 11.2. The van der Waals surface area contributed by atoms with Gasteiger partial charge in [-0.05, 0) is 11.5 Å². The zero-order valence-electron chi connectivity index (χ0n) is 7.12. The average Bonchev–Trinajstić information content (AvgIpc) is 2.03. The van der Waals surface area contributed by atoms with E-state index in [1.165, 1.54) is 5.56 Å². The van der Waals surface area contributed by atoms with Crippen LogP contribution in [0.3, 0.4) is 0 Å². The van der Waals surface area contributed by atoms with E-state index in [1.54, 1.807) is 0 Å². The molecule has 0 nitrogen and oxygen atoms in total. The van der Waals surface area contributed by atoms with Crippen LogP contribution in [0.5, 0.6) is 0 Å². The second kappa shape index (κ2) is 3.97. The number of benzene rings is 1. The van der Waals surface area contributed by atoms with Gasteiger partial charge in [0.25, 0.3) is 0 Å². The lowest BCUT2D eigenvalue weighted by molar-refractivity contribution is 0.836. The second-order valence-corrected chi connectivity index (χ2v) is 3.01. The molecule has 11 heavy (non-hydrogen) atoms. The first-order chi connectivity index (χ1) is 5.29. The first kappa shape index (κ1) is 8.06. The van der Waals surface area contributed by atoms with Crippen molar-refractivity contribution in [3.8, 4) is 0 Å². The summed E-state index contributed by atoms with van der Waals surface area (Å²) in [7, 11) is 0. The smallest absolute Gasteiger partial charge is 0.0260 e. The molecule has 58 valence electrons. The first-order valence-electron chi connectivity index (χ1n) is 4.02. The monoisotopic (exact) mass is 146 g/mol. The first-order valence-corrected chi connectivity index (χ1v) is 4.02. The van der Waals surface area contributed by atoms with Gasteiger partial charge in [-0.15, -0.1) is 0 Å². The number of hydrogen-bond donors (Lipinski definition) is 0. The summed E-state index contributed by atoms with van der Waals surface area (Å²) in [5.41, 5.74) is 1.28. The van der Waals surface area contributed by atoms with E-state index in [0.29, 0.717) is 5.92 Å². The Balaban J connectivity index is 2.65. The van der Waals surface area contributed by atoms with E-state index in [2.05, 4.69) is 50.3 Å². The molecular formula is C11H14. The molecule has 0 aliphatic heterocycles. The Bertz CT molecular complexity index is 219. The number of rotatable bonds is 2. The Hall–Kier alpha value is -1.04. The van der Waals surface area contributed by atoms with Gasteiger partial charge in [0.05, 0.1) is 0 Å². The molecule has 0 saturated heterocycles. The van der Waals surface area contributed by atoms with Crippen LogP contribution < -0.4 is 0 Å². The molecule has 0 heterocycles. The van der Waals surface area contributed by atoms with Gasteiger partial charge < -0.3 is 0 Å². The van der Waals surface area contributed by atoms with Gasteiger partial charge in [-0.1, -0.05) is 56.3 Å². The third kappa shape index (κ3) is 3.03. The third-order valence-electron chi connectivity index (χ3n) is 1.47. The number of allylic oxidation sites excluding steroid dienone is 1. The molecule has 1 aromatic carbocycles. The van der Waals surface area contributed by atoms with Gasteiger partial charge in [0, 0.05) is 0 Å². The third-order valence-corrected chi connectivity index (χ3v) is 1.47. The van der Waals surface area contributed by atoms with E-state index in [-0.39, 0.29) is 0 Å². The molecule has 0 spiro atoms. The van der Waals surface area contributed by atoms with Crippen LogP contribution in [0.15, 0.2) is 36.4 Å². The van der Waals surface area contributed by atoms with Crippen LogP contribution in [0.25, 0.3) is 6.08 Å². The predicted octanol–water partition coefficient (Wildman–Crippen LogP) is 3.36. The van der Waals surface area contributed by atoms with Gasteiger partial charge in [0.1, 0.15) is 0 Å². The van der Waals surface area contributed by atoms with E-state index in [0.717, 1.165) is 0 Å². The van der Waals surface area contributed by atoms with E-state index in [1.807, 2.05) is 6.07 Å². The van der Waals surface area contributed by atoms with Crippen molar-refractivity contribution in [1.82, 2.24) is 0 Å². The highest BCUT2D eigenvalue weighted by atomic mass is 13.9. The molecule has 0 N–H and O–H groups in total. The quantitative estimate of drug-likeness (QED) is 0.600. The minimum absolute atomic E-state index is 0.634. The fourth-order valence-electron chi connectivity index (χ4n) is 0.868. The Morgan fingerprint density at radius 1 is 1.09 bits per heavy atom. The van der Waals surface area contributed by atoms with Gasteiger partial charge in [-0.2, -0.15) is 0 Å². The van der Waals surface area contributed by atoms with Gasteiger partial charge >= 0.3 is 0 Å². The highest BCUT2D eigenvalue weighted by molar-refractivity contribution is 5.48. The lowest BCUT2D eigenvalue weighted by Gasteiger charge is -1.93. The van der Waals surface area contributed by atoms with Crippen molar-refractivity contribution < 1.29 is 0 Å². The van der Waals surface area contributed by atoms with Gasteiger partial charge in [0.15, 0.2) is 0 Å². The van der Waals surface area contributed by atoms with Crippen molar-refractivity contribution in [2.24, 2.45) is 5.92 Å². The lowest BCUT2D eigenvalue weighted by Crippen LogP contribution is -1.76. The Morgan fingerprint density at radius 2 is 1.73 bits per heavy atom. The maximum Gasteiger partial charge on any atom is -0.0260 e. The van der Waals surface area contributed by atoms with Crippen LogP contribution in [0.4, 0.5) is 0 Å². The fraction of sp³-hybridized carbons (Fsp3) is 0.273. The molecule has 0 heteroatoms. The van der Waals surface area contributed by atoms with Gasteiger partial charge in [-0.25, -0.2) is 0 Å². The zero-order valence-corrected chi connectivity index (χ0v) is 7.12. The predicted molar refractivity (Wildman–Crippen MR) is 50.3 cm³/mol. The summed E-state index contributed by atoms with van der Waals surface area (Å²) in [6.07, 6.45) is 4.36. The Kier molecular flexibility index (Phi) is 2.91. The maximum absolute atomic E-state index is 2.20. The largest absolute Gasteiger partial charge is 0.0814 e. The number of hydrogen-bond acceptors (Lipinski definition) is 0. The molecule has 1 rings (SSSR count). The van der Waals surface area contributed by atoms with Crippen LogP contribution in [-0.4, -0.2) is 0 Å². The van der Waals surface area contributed by atoms with E-state index in [9.17, 15) is 0 Å². The van der Waals surface area contributed by atoms with Gasteiger partial charge in [0.2, 0.25) is 0 Å². The van der Waals surface area contributed by atoms with Crippen LogP contribution in [-0.2, 0) is 0 Å². The molecule has 0 aliphatic carbocycles. The highest BCUT2D eigenvalue weighted by Gasteiger charge is 1.84. The summed E-state index contributed by atoms with van der Waals surface area (Å²) in [4.78, 5) is 0. The van der Waals surface area contributed by atoms with E-state index >= 15 is 0 Å². The standard InChI is InChI=1S/C11H14/c1-10(2)8-9-11-6-4-3-5-7-11/h3-10H,1-2H3. The molecule has 0 radical (unpaired) electrons. The minimum Gasteiger partial charge on any atom is -0.0814 e. The van der Waals surface area contributed by atoms with Crippen LogP contribution in [0, 0.1) is 5.92 Å². The highest BCUT2D eigenvalue weighted by Crippen LogP contribution is 2.03. The van der Waals surface area contributed by atoms with Crippen molar-refractivity contribution in [3.05, 3.63) is 42.0 Å². The molecule has 0 amide bonds. The van der Waals surface area contributed by atoms with Gasteiger partial charge in [-0.3, -0.25) is 0 Å². The van der Waals surface area contributed by atoms with Crippen molar-refractivity contribution >= 4 is 6.08 Å². The van der Waals surface area contributed by atoms with Crippen molar-refractivity contribution in [3.63, 3.8) is 0 Å². The van der Waals surface area contributed by atoms with E-state index < -0.39 is 0 Å². The molecule has 0 aliphatic rings. The van der Waals surface area contributed by atoms with Crippen LogP contribution in [0.2, 0.25) is 0 Å². The maximum atomic E-state index is 2.20. The molecule has 0 saturated carbocycles. The molecule has 0 aromatic heterocycles. The average molecular weight is 146 g/mol.